The summed E-state index contributed by atoms with van der Waals surface area (Å²) in [6, 6.07) is 0. The van der Waals surface area contributed by atoms with Crippen molar-refractivity contribution in [3.63, 3.8) is 0 Å². The summed E-state index contributed by atoms with van der Waals surface area (Å²) in [5.74, 6) is 2.11. The van der Waals surface area contributed by atoms with Crippen LogP contribution in [0.1, 0.15) is 112 Å². The molecule has 7 aliphatic rings. The number of rotatable bonds is 3. The number of nitrogens with zero attached hydrogens (tertiary/aromatic N) is 1. The Bertz CT molecular complexity index is 966. The van der Waals surface area contributed by atoms with E-state index in [1.54, 1.807) is 0 Å². The van der Waals surface area contributed by atoms with E-state index < -0.39 is 0 Å². The molecule has 2 aliphatic heterocycles. The summed E-state index contributed by atoms with van der Waals surface area (Å²) >= 11 is 0. The standard InChI is InChI=1S/C32H51NO4.CH4O/c1-6-21(37-27(35)33-16-7-17-33)22-9-8-20-23(36-22)18-30(5)25-11-10-24-28(2,3)26(34)12-13-31(24)19-32(25,31)15-14-29(20,30)4;1-2/h20-26,34H,6-19H2,1-5H3;2H,1H3/t20-,21+,22?,23?,24-,25?,26-,29+,30-,31?,32-;/m0./s1. The van der Waals surface area contributed by atoms with Crippen LogP contribution in [0.4, 0.5) is 4.79 Å². The van der Waals surface area contributed by atoms with Crippen LogP contribution < -0.4 is 0 Å². The molecule has 0 aromatic heterocycles. The molecule has 7 fully saturated rings. The minimum atomic E-state index is -0.138. The monoisotopic (exact) mass is 545 g/mol. The number of ether oxygens (including phenoxy) is 2. The fraction of sp³-hybridized carbons (Fsp3) is 0.970. The van der Waals surface area contributed by atoms with E-state index in [1.807, 2.05) is 4.90 Å². The second-order valence-electron chi connectivity index (χ2n) is 15.7. The van der Waals surface area contributed by atoms with Gasteiger partial charge in [-0.1, -0.05) is 34.6 Å². The number of carbonyl (C=O) groups excluding carboxylic acids is 1. The summed E-state index contributed by atoms with van der Waals surface area (Å²) in [5, 5.41) is 17.9. The van der Waals surface area contributed by atoms with E-state index in [0.29, 0.717) is 39.6 Å². The summed E-state index contributed by atoms with van der Waals surface area (Å²) in [5.41, 5.74) is 1.71. The smallest absolute Gasteiger partial charge is 0.410 e. The molecule has 2 saturated heterocycles. The van der Waals surface area contributed by atoms with Gasteiger partial charge in [0.15, 0.2) is 0 Å². The van der Waals surface area contributed by atoms with Gasteiger partial charge in [-0.2, -0.15) is 0 Å². The highest BCUT2D eigenvalue weighted by molar-refractivity contribution is 5.68. The van der Waals surface area contributed by atoms with Crippen molar-refractivity contribution >= 4 is 6.09 Å². The van der Waals surface area contributed by atoms with Gasteiger partial charge < -0.3 is 24.6 Å². The third-order valence-electron chi connectivity index (χ3n) is 14.5. The van der Waals surface area contributed by atoms with Gasteiger partial charge in [0.1, 0.15) is 6.10 Å². The molecule has 39 heavy (non-hydrogen) atoms. The molecule has 11 atom stereocenters. The van der Waals surface area contributed by atoms with E-state index in [2.05, 4.69) is 34.6 Å². The minimum Gasteiger partial charge on any atom is -0.443 e. The van der Waals surface area contributed by atoms with Gasteiger partial charge in [-0.05, 0) is 122 Å². The second-order valence-corrected chi connectivity index (χ2v) is 15.7. The Morgan fingerprint density at radius 3 is 2.31 bits per heavy atom. The minimum absolute atomic E-state index is 0.0430. The summed E-state index contributed by atoms with van der Waals surface area (Å²) in [4.78, 5) is 14.4. The Hall–Kier alpha value is -0.850. The van der Waals surface area contributed by atoms with Gasteiger partial charge in [0.25, 0.3) is 0 Å². The first-order chi connectivity index (χ1) is 18.5. The van der Waals surface area contributed by atoms with Gasteiger partial charge in [-0.25, -0.2) is 4.79 Å². The summed E-state index contributed by atoms with van der Waals surface area (Å²) < 4.78 is 13.0. The van der Waals surface area contributed by atoms with E-state index >= 15 is 0 Å². The lowest BCUT2D eigenvalue weighted by Crippen LogP contribution is -2.57. The van der Waals surface area contributed by atoms with Gasteiger partial charge >= 0.3 is 6.09 Å². The van der Waals surface area contributed by atoms with Crippen LogP contribution in [0, 0.1) is 44.8 Å². The van der Waals surface area contributed by atoms with Crippen LogP contribution in [0.15, 0.2) is 0 Å². The van der Waals surface area contributed by atoms with Crippen molar-refractivity contribution in [2.45, 2.75) is 136 Å². The first-order valence-electron chi connectivity index (χ1n) is 16.3. The van der Waals surface area contributed by atoms with Crippen LogP contribution in [0.3, 0.4) is 0 Å². The molecule has 2 heterocycles. The predicted octanol–water partition coefficient (Wildman–Crippen LogP) is 6.17. The number of amides is 1. The maximum Gasteiger partial charge on any atom is 0.410 e. The zero-order chi connectivity index (χ0) is 28.0. The van der Waals surface area contributed by atoms with Crippen molar-refractivity contribution in [2.75, 3.05) is 20.2 Å². The maximum absolute atomic E-state index is 12.6. The van der Waals surface area contributed by atoms with E-state index in [9.17, 15) is 9.90 Å². The summed E-state index contributed by atoms with van der Waals surface area (Å²) in [6.45, 7) is 13.8. The van der Waals surface area contributed by atoms with Crippen molar-refractivity contribution in [3.8, 4) is 0 Å². The lowest BCUT2D eigenvalue weighted by Gasteiger charge is -2.63. The van der Waals surface area contributed by atoms with Gasteiger partial charge in [0, 0.05) is 20.2 Å². The quantitative estimate of drug-likeness (QED) is 0.443. The maximum atomic E-state index is 12.6. The molecule has 0 bridgehead atoms. The molecular weight excluding hydrogens is 490 g/mol. The van der Waals surface area contributed by atoms with Gasteiger partial charge in [0.2, 0.25) is 0 Å². The van der Waals surface area contributed by atoms with E-state index in [-0.39, 0.29) is 29.8 Å². The molecule has 5 saturated carbocycles. The van der Waals surface area contributed by atoms with Gasteiger partial charge in [-0.15, -0.1) is 0 Å². The molecular formula is C33H55NO5. The first-order valence-corrected chi connectivity index (χ1v) is 16.3. The number of aliphatic hydroxyl groups is 2. The Morgan fingerprint density at radius 2 is 1.64 bits per heavy atom. The molecule has 222 valence electrons. The molecule has 0 radical (unpaired) electrons. The van der Waals surface area contributed by atoms with Crippen molar-refractivity contribution in [2.24, 2.45) is 44.8 Å². The lowest BCUT2D eigenvalue weighted by molar-refractivity contribution is -0.163. The SMILES string of the molecule is CC[C@@H](OC(=O)N1CCC1)C1CC[C@H]2C(C[C@@]3(C)C4CC[C@H]5C(C)(C)[C@@H](O)CCC56C[C@@]46CC[C@]23C)O1.CO. The Balaban J connectivity index is 0.00000135. The number of hydrogen-bond donors (Lipinski definition) is 2. The highest BCUT2D eigenvalue weighted by Gasteiger charge is 2.82. The van der Waals surface area contributed by atoms with Crippen molar-refractivity contribution < 1.29 is 24.5 Å². The van der Waals surface area contributed by atoms with E-state index in [0.717, 1.165) is 51.8 Å². The number of carbonyl (C=O) groups is 1. The molecule has 0 aromatic carbocycles. The highest BCUT2D eigenvalue weighted by Crippen LogP contribution is 2.89. The molecule has 6 heteroatoms. The topological polar surface area (TPSA) is 79.2 Å². The predicted molar refractivity (Wildman–Crippen MR) is 151 cm³/mol. The van der Waals surface area contributed by atoms with Crippen LogP contribution in [0.2, 0.25) is 0 Å². The average molecular weight is 546 g/mol. The van der Waals surface area contributed by atoms with Crippen LogP contribution in [-0.4, -0.2) is 65.8 Å². The lowest BCUT2D eigenvalue weighted by atomic mass is 9.42. The fourth-order valence-electron chi connectivity index (χ4n) is 12.2. The van der Waals surface area contributed by atoms with E-state index in [1.165, 1.54) is 51.4 Å². The number of likely N-dealkylation sites (tertiary alicyclic amines) is 1. The molecule has 2 spiro atoms. The number of hydrogen-bond acceptors (Lipinski definition) is 5. The molecule has 6 nitrogen and oxygen atoms in total. The Morgan fingerprint density at radius 1 is 0.949 bits per heavy atom. The third-order valence-corrected chi connectivity index (χ3v) is 14.5. The van der Waals surface area contributed by atoms with Gasteiger partial charge in [-0.3, -0.25) is 0 Å². The Labute approximate surface area is 236 Å². The Kier molecular flexibility index (Phi) is 6.76. The van der Waals surface area contributed by atoms with Crippen LogP contribution in [0.25, 0.3) is 0 Å². The molecule has 5 aliphatic carbocycles. The van der Waals surface area contributed by atoms with Crippen molar-refractivity contribution in [1.29, 1.82) is 0 Å². The van der Waals surface area contributed by atoms with E-state index in [4.69, 9.17) is 14.6 Å². The van der Waals surface area contributed by atoms with Crippen LogP contribution >= 0.6 is 0 Å². The molecule has 2 N–H and O–H groups in total. The number of fused-ring (bicyclic) bond motifs is 4. The summed E-state index contributed by atoms with van der Waals surface area (Å²) in [6.07, 6.45) is 14.3. The second kappa shape index (κ2) is 9.33. The normalized spacial score (nSPS) is 51.3. The average Bonchev–Trinajstić information content (AvgIpc) is 3.49. The zero-order valence-corrected chi connectivity index (χ0v) is 25.5. The van der Waals surface area contributed by atoms with Gasteiger partial charge in [0.05, 0.1) is 18.3 Å². The first kappa shape index (κ1) is 28.3. The summed E-state index contributed by atoms with van der Waals surface area (Å²) in [7, 11) is 1.00. The van der Waals surface area contributed by atoms with Crippen LogP contribution in [0.5, 0.6) is 0 Å². The molecule has 0 aromatic rings. The molecule has 7 rings (SSSR count). The largest absolute Gasteiger partial charge is 0.443 e. The van der Waals surface area contributed by atoms with Crippen molar-refractivity contribution in [1.82, 2.24) is 4.90 Å². The molecule has 1 amide bonds. The fourth-order valence-corrected chi connectivity index (χ4v) is 12.2. The highest BCUT2D eigenvalue weighted by atomic mass is 16.6. The zero-order valence-electron chi connectivity index (χ0n) is 25.5. The number of aliphatic hydroxyl groups excluding tert-OH is 2. The van der Waals surface area contributed by atoms with Crippen molar-refractivity contribution in [3.05, 3.63) is 0 Å². The molecule has 4 unspecified atom stereocenters. The van der Waals surface area contributed by atoms with Crippen LogP contribution in [-0.2, 0) is 9.47 Å². The third kappa shape index (κ3) is 3.59.